The Morgan fingerprint density at radius 3 is 1.87 bits per heavy atom. The van der Waals surface area contributed by atoms with Crippen molar-refractivity contribution in [2.45, 2.75) is 64.6 Å². The Morgan fingerprint density at radius 1 is 0.957 bits per heavy atom. The van der Waals surface area contributed by atoms with Crippen molar-refractivity contribution in [2.24, 2.45) is 0 Å². The van der Waals surface area contributed by atoms with Crippen molar-refractivity contribution in [2.75, 3.05) is 19.5 Å². The molecule has 0 aliphatic rings. The monoisotopic (exact) mass is 358 g/mol. The molecule has 0 heterocycles. The van der Waals surface area contributed by atoms with E-state index in [-0.39, 0.29) is 11.6 Å². The predicted molar refractivity (Wildman–Crippen MR) is 98.0 cm³/mol. The molecule has 0 N–H and O–H groups in total. The quantitative estimate of drug-likeness (QED) is 0.288. The molecule has 23 heavy (non-hydrogen) atoms. The van der Waals surface area contributed by atoms with E-state index in [2.05, 4.69) is 61.7 Å². The lowest BCUT2D eigenvalue weighted by atomic mass is 10.2. The highest BCUT2D eigenvalue weighted by molar-refractivity contribution is 7.85. The van der Waals surface area contributed by atoms with Crippen LogP contribution >= 0.6 is 0 Å². The fraction of sp³-hybridized carbons (Fsp3) is 0.765. The van der Waals surface area contributed by atoms with Gasteiger partial charge in [-0.25, -0.2) is 0 Å². The van der Waals surface area contributed by atoms with Gasteiger partial charge in [-0.2, -0.15) is 8.42 Å². The van der Waals surface area contributed by atoms with Crippen LogP contribution in [0.2, 0.25) is 18.1 Å². The van der Waals surface area contributed by atoms with Crippen molar-refractivity contribution in [3.8, 4) is 23.7 Å². The Labute approximate surface area is 143 Å². The largest absolute Gasteiger partial charge is 0.417 e. The zero-order chi connectivity index (χ0) is 18.0. The maximum atomic E-state index is 10.7. The first-order chi connectivity index (χ1) is 10.5. The number of rotatable bonds is 8. The summed E-state index contributed by atoms with van der Waals surface area (Å²) in [6.07, 6.45) is 3.91. The molecule has 0 fully saturated rings. The van der Waals surface area contributed by atoms with Gasteiger partial charge in [0.2, 0.25) is 0 Å². The van der Waals surface area contributed by atoms with E-state index >= 15 is 0 Å². The Kier molecular flexibility index (Phi) is 9.80. The van der Waals surface area contributed by atoms with Crippen LogP contribution in [-0.4, -0.2) is 36.2 Å². The van der Waals surface area contributed by atoms with Crippen LogP contribution in [-0.2, 0) is 18.7 Å². The maximum Gasteiger partial charge on any atom is 0.264 e. The average molecular weight is 359 g/mol. The van der Waals surface area contributed by atoms with Gasteiger partial charge < -0.3 is 4.43 Å². The van der Waals surface area contributed by atoms with Gasteiger partial charge in [0.1, 0.15) is 0 Å². The summed E-state index contributed by atoms with van der Waals surface area (Å²) in [7, 11) is -4.98. The Hall–Kier alpha value is -0.793. The highest BCUT2D eigenvalue weighted by Gasteiger charge is 2.36. The second-order valence-corrected chi connectivity index (χ2v) is 13.4. The number of hydrogen-bond acceptors (Lipinski definition) is 4. The first kappa shape index (κ1) is 22.2. The van der Waals surface area contributed by atoms with Crippen molar-refractivity contribution >= 4 is 18.4 Å². The van der Waals surface area contributed by atoms with E-state index in [9.17, 15) is 8.42 Å². The van der Waals surface area contributed by atoms with Crippen LogP contribution in [0.4, 0.5) is 0 Å². The molecule has 0 saturated heterocycles. The molecule has 0 spiro atoms. The van der Waals surface area contributed by atoms with E-state index in [1.165, 1.54) is 0 Å². The molecule has 0 aromatic heterocycles. The molecule has 0 atom stereocenters. The summed E-state index contributed by atoms with van der Waals surface area (Å²) in [5.41, 5.74) is 0. The maximum absolute atomic E-state index is 10.7. The third kappa shape index (κ3) is 12.3. The third-order valence-corrected chi connectivity index (χ3v) is 8.83. The molecule has 0 aromatic rings. The molecule has 132 valence electrons. The lowest BCUT2D eigenvalue weighted by Crippen LogP contribution is -2.40. The summed E-state index contributed by atoms with van der Waals surface area (Å²) >= 11 is 0. The van der Waals surface area contributed by atoms with E-state index in [0.29, 0.717) is 12.8 Å². The van der Waals surface area contributed by atoms with E-state index in [4.69, 9.17) is 4.43 Å². The lowest BCUT2D eigenvalue weighted by molar-refractivity contribution is 0.284. The predicted octanol–water partition coefficient (Wildman–Crippen LogP) is 3.55. The summed E-state index contributed by atoms with van der Waals surface area (Å²) in [6.45, 7) is 12.1. The second kappa shape index (κ2) is 10.2. The van der Waals surface area contributed by atoms with Crippen LogP contribution in [0.15, 0.2) is 0 Å². The van der Waals surface area contributed by atoms with Crippen molar-refractivity contribution in [3.05, 3.63) is 0 Å². The molecule has 0 aromatic carbocycles. The molecular weight excluding hydrogens is 328 g/mol. The van der Waals surface area contributed by atoms with Gasteiger partial charge in [0.25, 0.3) is 10.1 Å². The van der Waals surface area contributed by atoms with E-state index in [1.54, 1.807) is 0 Å². The van der Waals surface area contributed by atoms with E-state index in [0.717, 1.165) is 25.7 Å². The first-order valence-electron chi connectivity index (χ1n) is 7.90. The summed E-state index contributed by atoms with van der Waals surface area (Å²) in [5, 5.41) is 0.241. The molecule has 0 radical (unpaired) electrons. The summed E-state index contributed by atoms with van der Waals surface area (Å²) in [4.78, 5) is 0. The second-order valence-electron chi connectivity index (χ2n) is 6.95. The van der Waals surface area contributed by atoms with Crippen LogP contribution in [0.25, 0.3) is 0 Å². The van der Waals surface area contributed by atoms with Crippen LogP contribution in [0.5, 0.6) is 0 Å². The standard InChI is InChI=1S/C17H30O4SSi/c1-17(2,3)23(5,6)21-16-14-12-10-8-7-9-11-13-15-20-22(4,18)19/h11-16H2,1-6H3. The SMILES string of the molecule is CC(C)(C)[Si](C)(C)OCCCC#CC#CCCCOS(C)(=O)=O. The molecule has 0 rings (SSSR count). The summed E-state index contributed by atoms with van der Waals surface area (Å²) in [5.74, 6) is 11.5. The van der Waals surface area contributed by atoms with Gasteiger partial charge in [0, 0.05) is 19.4 Å². The third-order valence-electron chi connectivity index (χ3n) is 3.70. The zero-order valence-electron chi connectivity index (χ0n) is 15.3. The highest BCUT2D eigenvalue weighted by atomic mass is 32.2. The Bertz CT molecular complexity index is 566. The summed E-state index contributed by atoms with van der Waals surface area (Å²) < 4.78 is 32.1. The van der Waals surface area contributed by atoms with Crippen molar-refractivity contribution in [1.29, 1.82) is 0 Å². The number of hydrogen-bond donors (Lipinski definition) is 0. The molecule has 0 amide bonds. The molecular formula is C17H30O4SSi. The van der Waals surface area contributed by atoms with Gasteiger partial charge in [-0.05, 0) is 42.8 Å². The van der Waals surface area contributed by atoms with E-state index < -0.39 is 18.4 Å². The molecule has 0 aliphatic heterocycles. The smallest absolute Gasteiger partial charge is 0.264 e. The van der Waals surface area contributed by atoms with Crippen LogP contribution < -0.4 is 0 Å². The van der Waals surface area contributed by atoms with Crippen LogP contribution in [0, 0.1) is 23.7 Å². The van der Waals surface area contributed by atoms with Gasteiger partial charge in [0.15, 0.2) is 8.32 Å². The molecule has 0 unspecified atom stereocenters. The topological polar surface area (TPSA) is 52.6 Å². The van der Waals surface area contributed by atoms with Gasteiger partial charge in [-0.15, -0.1) is 0 Å². The van der Waals surface area contributed by atoms with E-state index in [1.807, 2.05) is 0 Å². The van der Waals surface area contributed by atoms with Crippen molar-refractivity contribution < 1.29 is 17.0 Å². The normalized spacial score (nSPS) is 12.1. The zero-order valence-corrected chi connectivity index (χ0v) is 17.1. The molecule has 0 aliphatic carbocycles. The molecule has 0 saturated carbocycles. The van der Waals surface area contributed by atoms with Gasteiger partial charge in [0.05, 0.1) is 12.9 Å². The van der Waals surface area contributed by atoms with Crippen molar-refractivity contribution in [3.63, 3.8) is 0 Å². The first-order valence-corrected chi connectivity index (χ1v) is 12.6. The molecule has 6 heteroatoms. The molecule has 0 bridgehead atoms. The van der Waals surface area contributed by atoms with Gasteiger partial charge in [-0.3, -0.25) is 4.18 Å². The minimum absolute atomic E-state index is 0.172. The highest BCUT2D eigenvalue weighted by Crippen LogP contribution is 2.36. The Balaban J connectivity index is 3.78. The lowest BCUT2D eigenvalue weighted by Gasteiger charge is -2.36. The van der Waals surface area contributed by atoms with Crippen molar-refractivity contribution in [1.82, 2.24) is 0 Å². The fourth-order valence-electron chi connectivity index (χ4n) is 1.29. The fourth-order valence-corrected chi connectivity index (χ4v) is 2.80. The Morgan fingerprint density at radius 2 is 1.43 bits per heavy atom. The molecule has 4 nitrogen and oxygen atoms in total. The summed E-state index contributed by atoms with van der Waals surface area (Å²) in [6, 6.07) is 0. The minimum Gasteiger partial charge on any atom is -0.417 e. The van der Waals surface area contributed by atoms with Gasteiger partial charge >= 0.3 is 0 Å². The number of unbranched alkanes of at least 4 members (excludes halogenated alkanes) is 2. The minimum atomic E-state index is -3.34. The van der Waals surface area contributed by atoms with Gasteiger partial charge in [-0.1, -0.05) is 32.6 Å². The average Bonchev–Trinajstić information content (AvgIpc) is 2.37. The van der Waals surface area contributed by atoms with Crippen LogP contribution in [0.3, 0.4) is 0 Å². The van der Waals surface area contributed by atoms with Crippen LogP contribution in [0.1, 0.15) is 46.5 Å².